The zero-order valence-corrected chi connectivity index (χ0v) is 13.5. The third kappa shape index (κ3) is 3.36. The summed E-state index contributed by atoms with van der Waals surface area (Å²) in [6, 6.07) is 0. The molecule has 0 unspecified atom stereocenters. The Bertz CT molecular complexity index is 744. The van der Waals surface area contributed by atoms with Crippen LogP contribution in [0.25, 0.3) is 0 Å². The maximum absolute atomic E-state index is 14.2. The molecule has 0 aromatic heterocycles. The average molecular weight is 370 g/mol. The van der Waals surface area contributed by atoms with Crippen LogP contribution in [0, 0.1) is 23.3 Å². The molecule has 2 aliphatic rings. The van der Waals surface area contributed by atoms with E-state index in [1.165, 1.54) is 0 Å². The van der Waals surface area contributed by atoms with Crippen molar-refractivity contribution in [2.24, 2.45) is 0 Å². The molecule has 0 heterocycles. The van der Waals surface area contributed by atoms with Crippen molar-refractivity contribution in [2.45, 2.75) is 38.5 Å². The molecular formula is C18H14F4O4. The fourth-order valence-corrected chi connectivity index (χ4v) is 2.80. The van der Waals surface area contributed by atoms with Gasteiger partial charge in [0.2, 0.25) is 0 Å². The molecule has 0 N–H and O–H groups in total. The maximum Gasteiger partial charge on any atom is 0.349 e. The molecule has 4 nitrogen and oxygen atoms in total. The van der Waals surface area contributed by atoms with Crippen LogP contribution in [0.1, 0.15) is 59.2 Å². The van der Waals surface area contributed by atoms with E-state index in [0.29, 0.717) is 38.5 Å². The van der Waals surface area contributed by atoms with Crippen LogP contribution in [0.5, 0.6) is 0 Å². The number of hydrogen-bond donors (Lipinski definition) is 0. The lowest BCUT2D eigenvalue weighted by Gasteiger charge is -2.12. The topological polar surface area (TPSA) is 52.6 Å². The molecule has 2 aliphatic carbocycles. The Balaban J connectivity index is 1.93. The van der Waals surface area contributed by atoms with E-state index < -0.39 is 46.3 Å². The van der Waals surface area contributed by atoms with Gasteiger partial charge in [0.15, 0.2) is 23.3 Å². The molecule has 0 radical (unpaired) electrons. The lowest BCUT2D eigenvalue weighted by molar-refractivity contribution is 0.0579. The molecule has 0 bridgehead atoms. The van der Waals surface area contributed by atoms with Gasteiger partial charge < -0.3 is 9.47 Å². The quantitative estimate of drug-likeness (QED) is 0.438. The number of carbonyl (C=O) groups excluding carboxylic acids is 2. The standard InChI is InChI=1S/C18H14F4O4/c19-13-11(17(23)25-9-5-1-2-6-9)14(20)16(22)12(15(13)21)18(24)26-10-7-3-4-8-10/h5,7H,1-4,6,8H2. The summed E-state index contributed by atoms with van der Waals surface area (Å²) in [7, 11) is 0. The summed E-state index contributed by atoms with van der Waals surface area (Å²) < 4.78 is 66.2. The molecule has 0 fully saturated rings. The van der Waals surface area contributed by atoms with Gasteiger partial charge in [0.25, 0.3) is 0 Å². The van der Waals surface area contributed by atoms with Gasteiger partial charge >= 0.3 is 11.9 Å². The van der Waals surface area contributed by atoms with Crippen molar-refractivity contribution in [3.8, 4) is 0 Å². The third-order valence-corrected chi connectivity index (χ3v) is 4.12. The van der Waals surface area contributed by atoms with E-state index in [9.17, 15) is 27.2 Å². The number of benzene rings is 1. The fourth-order valence-electron chi connectivity index (χ4n) is 2.80. The largest absolute Gasteiger partial charge is 0.428 e. The SMILES string of the molecule is O=C(OC1=CCCC1)c1c(F)c(F)c(C(=O)OC2=CCCC2)c(F)c1F. The van der Waals surface area contributed by atoms with Gasteiger partial charge in [-0.1, -0.05) is 0 Å². The Morgan fingerprint density at radius 1 is 0.692 bits per heavy atom. The molecule has 1 aromatic carbocycles. The molecule has 0 atom stereocenters. The molecule has 0 aliphatic heterocycles. The minimum Gasteiger partial charge on any atom is -0.428 e. The van der Waals surface area contributed by atoms with Gasteiger partial charge in [0, 0.05) is 12.8 Å². The zero-order chi connectivity index (χ0) is 18.8. The summed E-state index contributed by atoms with van der Waals surface area (Å²) in [6.45, 7) is 0. The maximum atomic E-state index is 14.2. The molecule has 0 saturated heterocycles. The van der Waals surface area contributed by atoms with E-state index in [0.717, 1.165) is 0 Å². The van der Waals surface area contributed by atoms with E-state index in [2.05, 4.69) is 0 Å². The van der Waals surface area contributed by atoms with Gasteiger partial charge in [-0.05, 0) is 37.8 Å². The first-order chi connectivity index (χ1) is 12.4. The molecule has 138 valence electrons. The van der Waals surface area contributed by atoms with Crippen LogP contribution in [-0.2, 0) is 9.47 Å². The second-order valence-corrected chi connectivity index (χ2v) is 5.91. The molecule has 0 saturated carbocycles. The monoisotopic (exact) mass is 370 g/mol. The van der Waals surface area contributed by atoms with Crippen molar-refractivity contribution in [3.63, 3.8) is 0 Å². The van der Waals surface area contributed by atoms with Crippen LogP contribution in [0.3, 0.4) is 0 Å². The van der Waals surface area contributed by atoms with Gasteiger partial charge in [-0.2, -0.15) is 0 Å². The van der Waals surface area contributed by atoms with E-state index in [-0.39, 0.29) is 11.5 Å². The predicted octanol–water partition coefficient (Wildman–Crippen LogP) is 4.69. The Labute approximate surface area is 146 Å². The molecule has 26 heavy (non-hydrogen) atoms. The van der Waals surface area contributed by atoms with E-state index in [1.807, 2.05) is 0 Å². The smallest absolute Gasteiger partial charge is 0.349 e. The first-order valence-electron chi connectivity index (χ1n) is 8.08. The first-order valence-corrected chi connectivity index (χ1v) is 8.08. The number of halogens is 4. The summed E-state index contributed by atoms with van der Waals surface area (Å²) in [6.07, 6.45) is 6.46. The van der Waals surface area contributed by atoms with Crippen molar-refractivity contribution < 1.29 is 36.6 Å². The van der Waals surface area contributed by atoms with Gasteiger partial charge in [0.1, 0.15) is 22.6 Å². The number of esters is 2. The molecular weight excluding hydrogens is 356 g/mol. The summed E-state index contributed by atoms with van der Waals surface area (Å²) in [4.78, 5) is 23.8. The van der Waals surface area contributed by atoms with Crippen LogP contribution in [0.2, 0.25) is 0 Å². The Morgan fingerprint density at radius 3 is 1.31 bits per heavy atom. The molecule has 0 amide bonds. The number of allylic oxidation sites excluding steroid dienone is 4. The second-order valence-electron chi connectivity index (χ2n) is 5.91. The molecule has 8 heteroatoms. The molecule has 0 spiro atoms. The minimum atomic E-state index is -2.00. The lowest BCUT2D eigenvalue weighted by atomic mass is 10.1. The lowest BCUT2D eigenvalue weighted by Crippen LogP contribution is -2.19. The van der Waals surface area contributed by atoms with Crippen molar-refractivity contribution in [1.29, 1.82) is 0 Å². The van der Waals surface area contributed by atoms with Crippen LogP contribution in [0.4, 0.5) is 17.6 Å². The summed E-state index contributed by atoms with van der Waals surface area (Å²) in [5.74, 6) is -10.8. The second kappa shape index (κ2) is 7.31. The van der Waals surface area contributed by atoms with Gasteiger partial charge in [-0.15, -0.1) is 0 Å². The van der Waals surface area contributed by atoms with Crippen molar-refractivity contribution in [1.82, 2.24) is 0 Å². The number of carbonyl (C=O) groups is 2. The third-order valence-electron chi connectivity index (χ3n) is 4.12. The highest BCUT2D eigenvalue weighted by atomic mass is 19.2. The Hall–Kier alpha value is -2.64. The number of rotatable bonds is 4. The van der Waals surface area contributed by atoms with Crippen LogP contribution in [0.15, 0.2) is 23.7 Å². The Kier molecular flexibility index (Phi) is 5.11. The van der Waals surface area contributed by atoms with E-state index in [4.69, 9.17) is 9.47 Å². The van der Waals surface area contributed by atoms with Crippen molar-refractivity contribution in [2.75, 3.05) is 0 Å². The van der Waals surface area contributed by atoms with Gasteiger partial charge in [-0.3, -0.25) is 0 Å². The summed E-state index contributed by atoms with van der Waals surface area (Å²) in [5, 5.41) is 0. The number of ether oxygens (including phenoxy) is 2. The fraction of sp³-hybridized carbons (Fsp3) is 0.333. The number of hydrogen-bond acceptors (Lipinski definition) is 4. The highest BCUT2D eigenvalue weighted by Gasteiger charge is 2.34. The summed E-state index contributed by atoms with van der Waals surface area (Å²) in [5.41, 5.74) is -3.05. The van der Waals surface area contributed by atoms with Crippen molar-refractivity contribution >= 4 is 11.9 Å². The predicted molar refractivity (Wildman–Crippen MR) is 81.0 cm³/mol. The Morgan fingerprint density at radius 2 is 1.04 bits per heavy atom. The van der Waals surface area contributed by atoms with Gasteiger partial charge in [-0.25, -0.2) is 27.2 Å². The summed E-state index contributed by atoms with van der Waals surface area (Å²) >= 11 is 0. The van der Waals surface area contributed by atoms with Crippen molar-refractivity contribution in [3.05, 3.63) is 58.1 Å². The molecule has 1 aromatic rings. The highest BCUT2D eigenvalue weighted by Crippen LogP contribution is 2.29. The van der Waals surface area contributed by atoms with Crippen LogP contribution < -0.4 is 0 Å². The minimum absolute atomic E-state index is 0.172. The van der Waals surface area contributed by atoms with E-state index >= 15 is 0 Å². The van der Waals surface area contributed by atoms with Gasteiger partial charge in [0.05, 0.1) is 0 Å². The zero-order valence-electron chi connectivity index (χ0n) is 13.5. The highest BCUT2D eigenvalue weighted by molar-refractivity contribution is 5.95. The normalized spacial score (nSPS) is 16.3. The first kappa shape index (κ1) is 18.2. The average Bonchev–Trinajstić information content (AvgIpc) is 3.27. The van der Waals surface area contributed by atoms with Crippen LogP contribution in [-0.4, -0.2) is 11.9 Å². The van der Waals surface area contributed by atoms with E-state index in [1.54, 1.807) is 12.2 Å². The molecule has 3 rings (SSSR count). The van der Waals surface area contributed by atoms with Crippen LogP contribution >= 0.6 is 0 Å².